The number of hydrogen-bond donors (Lipinski definition) is 0. The van der Waals surface area contributed by atoms with Crippen molar-refractivity contribution in [3.05, 3.63) is 47.5 Å². The summed E-state index contributed by atoms with van der Waals surface area (Å²) in [6, 6.07) is 11.1. The van der Waals surface area contributed by atoms with Crippen LogP contribution in [0.25, 0.3) is 0 Å². The number of hydrogen-bond acceptors (Lipinski definition) is 7. The molecule has 0 N–H and O–H groups in total. The molecular formula is C19H20O7. The third kappa shape index (κ3) is 4.44. The van der Waals surface area contributed by atoms with E-state index in [1.165, 1.54) is 27.4 Å². The van der Waals surface area contributed by atoms with Crippen LogP contribution in [0.15, 0.2) is 36.4 Å². The Morgan fingerprint density at radius 2 is 1.69 bits per heavy atom. The Balaban J connectivity index is 2.39. The lowest BCUT2D eigenvalue weighted by Crippen LogP contribution is -2.14. The molecule has 7 nitrogen and oxygen atoms in total. The van der Waals surface area contributed by atoms with Gasteiger partial charge in [0, 0.05) is 6.07 Å². The topological polar surface area (TPSA) is 80.3 Å². The molecule has 0 aliphatic heterocycles. The second kappa shape index (κ2) is 9.31. The smallest absolute Gasteiger partial charge is 0.343 e. The molecule has 0 amide bonds. The van der Waals surface area contributed by atoms with Crippen LogP contribution in [0.5, 0.6) is 23.0 Å². The average Bonchev–Trinajstić information content (AvgIpc) is 2.69. The Morgan fingerprint density at radius 1 is 0.962 bits per heavy atom. The zero-order valence-electron chi connectivity index (χ0n) is 14.8. The minimum absolute atomic E-state index is 0.0512. The van der Waals surface area contributed by atoms with E-state index >= 15 is 0 Å². The van der Waals surface area contributed by atoms with Crippen molar-refractivity contribution in [2.75, 3.05) is 27.9 Å². The van der Waals surface area contributed by atoms with E-state index in [-0.39, 0.29) is 36.0 Å². The molecule has 0 fully saturated rings. The number of carbonyl (C=O) groups is 2. The van der Waals surface area contributed by atoms with Gasteiger partial charge in [0.1, 0.15) is 17.9 Å². The highest BCUT2D eigenvalue weighted by Crippen LogP contribution is 2.44. The molecule has 0 radical (unpaired) electrons. The molecule has 0 saturated heterocycles. The van der Waals surface area contributed by atoms with Gasteiger partial charge < -0.3 is 23.7 Å². The Labute approximate surface area is 151 Å². The summed E-state index contributed by atoms with van der Waals surface area (Å²) in [4.78, 5) is 22.9. The van der Waals surface area contributed by atoms with Crippen LogP contribution in [0.1, 0.15) is 15.9 Å². The normalized spacial score (nSPS) is 9.96. The van der Waals surface area contributed by atoms with Gasteiger partial charge in [-0.3, -0.25) is 4.79 Å². The maximum absolute atomic E-state index is 11.5. The van der Waals surface area contributed by atoms with Gasteiger partial charge in [0.25, 0.3) is 0 Å². The zero-order chi connectivity index (χ0) is 18.9. The van der Waals surface area contributed by atoms with E-state index in [2.05, 4.69) is 4.74 Å². The van der Waals surface area contributed by atoms with Crippen molar-refractivity contribution in [3.63, 3.8) is 0 Å². The van der Waals surface area contributed by atoms with Crippen LogP contribution >= 0.6 is 0 Å². The highest BCUT2D eigenvalue weighted by Gasteiger charge is 2.23. The fourth-order valence-corrected chi connectivity index (χ4v) is 2.26. The lowest BCUT2D eigenvalue weighted by molar-refractivity contribution is -0.142. The third-order valence-corrected chi connectivity index (χ3v) is 3.54. The zero-order valence-corrected chi connectivity index (χ0v) is 14.8. The molecule has 0 aromatic heterocycles. The van der Waals surface area contributed by atoms with Gasteiger partial charge in [-0.2, -0.15) is 0 Å². The van der Waals surface area contributed by atoms with E-state index in [1.807, 2.05) is 30.3 Å². The fraction of sp³-hybridized carbons (Fsp3) is 0.263. The van der Waals surface area contributed by atoms with Gasteiger partial charge in [-0.15, -0.1) is 0 Å². The average molecular weight is 360 g/mol. The summed E-state index contributed by atoms with van der Waals surface area (Å²) in [5.41, 5.74) is 1.06. The molecule has 0 bridgehead atoms. The van der Waals surface area contributed by atoms with Gasteiger partial charge in [-0.05, 0) is 5.56 Å². The first-order valence-electron chi connectivity index (χ1n) is 7.75. The van der Waals surface area contributed by atoms with E-state index in [4.69, 9.17) is 18.9 Å². The molecule has 2 rings (SSSR count). The number of esters is 1. The largest absolute Gasteiger partial charge is 0.496 e. The Kier molecular flexibility index (Phi) is 6.84. The first-order valence-corrected chi connectivity index (χ1v) is 7.75. The number of carbonyl (C=O) groups excluding carboxylic acids is 2. The fourth-order valence-electron chi connectivity index (χ4n) is 2.26. The molecule has 7 heteroatoms. The molecule has 0 saturated carbocycles. The van der Waals surface area contributed by atoms with Crippen LogP contribution in [0, 0.1) is 0 Å². The van der Waals surface area contributed by atoms with Gasteiger partial charge in [-0.25, -0.2) is 4.79 Å². The second-order valence-electron chi connectivity index (χ2n) is 5.11. The first-order chi connectivity index (χ1) is 12.6. The van der Waals surface area contributed by atoms with Crippen LogP contribution in [-0.4, -0.2) is 40.2 Å². The van der Waals surface area contributed by atoms with Crippen molar-refractivity contribution in [2.24, 2.45) is 0 Å². The molecule has 2 aromatic carbocycles. The lowest BCUT2D eigenvalue weighted by atomic mass is 10.1. The summed E-state index contributed by atoms with van der Waals surface area (Å²) in [7, 11) is 4.07. The summed E-state index contributed by atoms with van der Waals surface area (Å²) < 4.78 is 26.4. The van der Waals surface area contributed by atoms with E-state index < -0.39 is 5.97 Å². The molecule has 0 aliphatic rings. The predicted molar refractivity (Wildman–Crippen MR) is 93.2 cm³/mol. The van der Waals surface area contributed by atoms with Gasteiger partial charge in [-0.1, -0.05) is 30.3 Å². The SMILES string of the molecule is COC(=O)COc1c(C=O)c(OC)cc(OCc2ccccc2)c1OC. The second-order valence-corrected chi connectivity index (χ2v) is 5.11. The molecule has 0 unspecified atom stereocenters. The number of ether oxygens (including phenoxy) is 5. The van der Waals surface area contributed by atoms with Gasteiger partial charge in [0.15, 0.2) is 24.4 Å². The van der Waals surface area contributed by atoms with Crippen LogP contribution in [-0.2, 0) is 16.1 Å². The van der Waals surface area contributed by atoms with E-state index in [0.717, 1.165) is 5.56 Å². The Morgan fingerprint density at radius 3 is 2.27 bits per heavy atom. The Bertz CT molecular complexity index is 756. The van der Waals surface area contributed by atoms with E-state index in [0.29, 0.717) is 12.0 Å². The van der Waals surface area contributed by atoms with Crippen molar-refractivity contribution < 1.29 is 33.3 Å². The van der Waals surface area contributed by atoms with Crippen molar-refractivity contribution in [3.8, 4) is 23.0 Å². The summed E-state index contributed by atoms with van der Waals surface area (Å²) in [6.07, 6.45) is 0.564. The predicted octanol–water partition coefficient (Wildman–Crippen LogP) is 2.65. The molecular weight excluding hydrogens is 340 g/mol. The molecule has 0 spiro atoms. The Hall–Kier alpha value is -3.22. The van der Waals surface area contributed by atoms with Crippen LogP contribution in [0.3, 0.4) is 0 Å². The minimum atomic E-state index is -0.599. The molecule has 0 atom stereocenters. The number of methoxy groups -OCH3 is 3. The van der Waals surface area contributed by atoms with Gasteiger partial charge >= 0.3 is 5.97 Å². The van der Waals surface area contributed by atoms with Crippen LogP contribution < -0.4 is 18.9 Å². The summed E-state index contributed by atoms with van der Waals surface area (Å²) >= 11 is 0. The molecule has 0 heterocycles. The summed E-state index contributed by atoms with van der Waals surface area (Å²) in [5.74, 6) is 0.198. The number of rotatable bonds is 9. The maximum Gasteiger partial charge on any atom is 0.343 e. The van der Waals surface area contributed by atoms with E-state index in [9.17, 15) is 9.59 Å². The number of benzene rings is 2. The highest BCUT2D eigenvalue weighted by molar-refractivity contribution is 5.87. The maximum atomic E-state index is 11.5. The molecule has 2 aromatic rings. The van der Waals surface area contributed by atoms with Crippen molar-refractivity contribution in [1.82, 2.24) is 0 Å². The van der Waals surface area contributed by atoms with Crippen molar-refractivity contribution >= 4 is 12.3 Å². The van der Waals surface area contributed by atoms with Crippen LogP contribution in [0.4, 0.5) is 0 Å². The van der Waals surface area contributed by atoms with Crippen molar-refractivity contribution in [1.29, 1.82) is 0 Å². The highest BCUT2D eigenvalue weighted by atomic mass is 16.6. The first kappa shape index (κ1) is 19.1. The lowest BCUT2D eigenvalue weighted by Gasteiger charge is -2.18. The summed E-state index contributed by atoms with van der Waals surface area (Å²) in [5, 5.41) is 0. The van der Waals surface area contributed by atoms with Gasteiger partial charge in [0.2, 0.25) is 5.75 Å². The van der Waals surface area contributed by atoms with Gasteiger partial charge in [0.05, 0.1) is 21.3 Å². The van der Waals surface area contributed by atoms with Crippen LogP contribution in [0.2, 0.25) is 0 Å². The third-order valence-electron chi connectivity index (χ3n) is 3.54. The molecule has 138 valence electrons. The monoisotopic (exact) mass is 360 g/mol. The number of aldehydes is 1. The van der Waals surface area contributed by atoms with E-state index in [1.54, 1.807) is 0 Å². The van der Waals surface area contributed by atoms with Crippen molar-refractivity contribution in [2.45, 2.75) is 6.61 Å². The molecule has 0 aliphatic carbocycles. The minimum Gasteiger partial charge on any atom is -0.496 e. The molecule has 26 heavy (non-hydrogen) atoms. The summed E-state index contributed by atoms with van der Waals surface area (Å²) in [6.45, 7) is -0.115. The quantitative estimate of drug-likeness (QED) is 0.502. The standard InChI is InChI=1S/C19H20O7/c1-22-15-9-16(25-11-13-7-5-4-6-8-13)19(24-3)18(14(15)10-20)26-12-17(21)23-2/h4-10H,11-12H2,1-3H3.